The summed E-state index contributed by atoms with van der Waals surface area (Å²) in [5.41, 5.74) is 5.83. The fourth-order valence-corrected chi connectivity index (χ4v) is 4.18. The number of fused-ring (bicyclic) bond motifs is 1. The average molecular weight is 414 g/mol. The van der Waals surface area contributed by atoms with E-state index in [0.717, 1.165) is 37.9 Å². The van der Waals surface area contributed by atoms with Gasteiger partial charge in [0, 0.05) is 13.0 Å². The highest BCUT2D eigenvalue weighted by molar-refractivity contribution is 7.98. The number of nitrogens with two attached hydrogens (primary N) is 1. The molecule has 4 rings (SSSR count). The van der Waals surface area contributed by atoms with Gasteiger partial charge in [-0.1, -0.05) is 30.3 Å². The van der Waals surface area contributed by atoms with Crippen molar-refractivity contribution in [2.24, 2.45) is 5.73 Å². The van der Waals surface area contributed by atoms with Crippen LogP contribution in [0.25, 0.3) is 10.9 Å². The molecule has 1 saturated carbocycles. The monoisotopic (exact) mass is 413 g/mol. The van der Waals surface area contributed by atoms with Crippen LogP contribution in [0.15, 0.2) is 34.2 Å². The number of tetrazole rings is 1. The van der Waals surface area contributed by atoms with E-state index in [9.17, 15) is 9.59 Å². The van der Waals surface area contributed by atoms with E-state index in [2.05, 4.69) is 15.5 Å². The Labute approximate surface area is 171 Å². The van der Waals surface area contributed by atoms with Gasteiger partial charge < -0.3 is 5.73 Å². The molecule has 0 aliphatic heterocycles. The van der Waals surface area contributed by atoms with Crippen molar-refractivity contribution in [2.75, 3.05) is 0 Å². The summed E-state index contributed by atoms with van der Waals surface area (Å²) in [6.07, 6.45) is 4.91. The molecule has 1 fully saturated rings. The zero-order valence-electron chi connectivity index (χ0n) is 16.0. The minimum absolute atomic E-state index is 0.0465. The van der Waals surface area contributed by atoms with Crippen LogP contribution in [0.4, 0.5) is 0 Å². The molecule has 0 saturated heterocycles. The van der Waals surface area contributed by atoms with Gasteiger partial charge in [-0.25, -0.2) is 9.67 Å². The number of carbonyl (C=O) groups excluding carboxylic acids is 1. The Morgan fingerprint density at radius 1 is 1.21 bits per heavy atom. The Morgan fingerprint density at radius 3 is 2.83 bits per heavy atom. The molecule has 2 N–H and O–H groups in total. The van der Waals surface area contributed by atoms with Crippen molar-refractivity contribution < 1.29 is 4.79 Å². The third-order valence-corrected chi connectivity index (χ3v) is 5.89. The van der Waals surface area contributed by atoms with Crippen LogP contribution in [-0.4, -0.2) is 35.7 Å². The summed E-state index contributed by atoms with van der Waals surface area (Å²) >= 11 is 1.48. The average Bonchev–Trinajstić information content (AvgIpc) is 3.45. The largest absolute Gasteiger partial charge is 0.370 e. The minimum Gasteiger partial charge on any atom is -0.370 e. The van der Waals surface area contributed by atoms with Crippen LogP contribution in [0.5, 0.6) is 0 Å². The second kappa shape index (κ2) is 8.73. The molecule has 0 radical (unpaired) electrons. The molecule has 0 atom stereocenters. The summed E-state index contributed by atoms with van der Waals surface area (Å²) in [5, 5.41) is 13.3. The van der Waals surface area contributed by atoms with Crippen LogP contribution in [0.1, 0.15) is 50.4 Å². The van der Waals surface area contributed by atoms with E-state index in [1.54, 1.807) is 10.6 Å². The van der Waals surface area contributed by atoms with Crippen LogP contribution in [0.2, 0.25) is 0 Å². The van der Waals surface area contributed by atoms with E-state index in [-0.39, 0.29) is 11.5 Å². The van der Waals surface area contributed by atoms with Gasteiger partial charge in [-0.05, 0) is 48.2 Å². The number of unbranched alkanes of at least 4 members (excludes halogenated alkanes) is 2. The number of aromatic nitrogens is 6. The first kappa shape index (κ1) is 19.6. The van der Waals surface area contributed by atoms with Gasteiger partial charge in [0.2, 0.25) is 5.91 Å². The number of nitrogens with zero attached hydrogens (tertiary/aromatic N) is 6. The molecule has 2 aromatic heterocycles. The maximum absolute atomic E-state index is 13.1. The molecular weight excluding hydrogens is 390 g/mol. The van der Waals surface area contributed by atoms with E-state index in [4.69, 9.17) is 10.7 Å². The van der Waals surface area contributed by atoms with E-state index in [1.807, 2.05) is 22.9 Å². The van der Waals surface area contributed by atoms with Crippen molar-refractivity contribution in [2.45, 2.75) is 62.0 Å². The number of thioether (sulfide) groups is 1. The first-order valence-electron chi connectivity index (χ1n) is 9.81. The van der Waals surface area contributed by atoms with Crippen LogP contribution in [0, 0.1) is 0 Å². The Balaban J connectivity index is 1.54. The molecule has 9 nitrogen and oxygen atoms in total. The molecule has 1 aliphatic carbocycles. The summed E-state index contributed by atoms with van der Waals surface area (Å²) < 4.78 is 3.60. The van der Waals surface area contributed by atoms with Crippen molar-refractivity contribution in [3.8, 4) is 0 Å². The smallest absolute Gasteiger partial charge is 0.262 e. The molecule has 1 aromatic carbocycles. The lowest BCUT2D eigenvalue weighted by Crippen LogP contribution is -2.23. The topological polar surface area (TPSA) is 122 Å². The molecule has 0 bridgehead atoms. The molecule has 1 amide bonds. The van der Waals surface area contributed by atoms with Gasteiger partial charge in [0.1, 0.15) is 0 Å². The summed E-state index contributed by atoms with van der Waals surface area (Å²) in [4.78, 5) is 28.7. The van der Waals surface area contributed by atoms with Crippen molar-refractivity contribution in [3.63, 3.8) is 0 Å². The zero-order chi connectivity index (χ0) is 20.2. The molecule has 10 heteroatoms. The quantitative estimate of drug-likeness (QED) is 0.307. The van der Waals surface area contributed by atoms with Crippen LogP contribution in [-0.2, 0) is 17.1 Å². The Morgan fingerprint density at radius 2 is 2.03 bits per heavy atom. The molecule has 3 aromatic rings. The number of hydrogen-bond acceptors (Lipinski definition) is 7. The van der Waals surface area contributed by atoms with Gasteiger partial charge in [-0.2, -0.15) is 0 Å². The van der Waals surface area contributed by atoms with E-state index in [0.29, 0.717) is 40.8 Å². The molecule has 29 heavy (non-hydrogen) atoms. The van der Waals surface area contributed by atoms with Crippen molar-refractivity contribution in [3.05, 3.63) is 40.4 Å². The standard InChI is InChI=1S/C19H23N7O2S/c20-16(27)8-2-1-5-11-25-18(28)14-6-3-4-7-15(14)21-19(25)29-12-17-22-23-24-26(17)13-9-10-13/h3-4,6-7,13H,1-2,5,8-12H2,(H2,20,27). The second-order valence-corrected chi connectivity index (χ2v) is 8.15. The zero-order valence-corrected chi connectivity index (χ0v) is 16.8. The molecular formula is C19H23N7O2S. The lowest BCUT2D eigenvalue weighted by atomic mass is 10.2. The number of para-hydroxylation sites is 1. The third kappa shape index (κ3) is 4.64. The highest BCUT2D eigenvalue weighted by Gasteiger charge is 2.27. The van der Waals surface area contributed by atoms with Gasteiger partial charge in [0.05, 0.1) is 22.7 Å². The van der Waals surface area contributed by atoms with Crippen LogP contribution >= 0.6 is 11.8 Å². The molecule has 0 unspecified atom stereocenters. The van der Waals surface area contributed by atoms with Gasteiger partial charge in [-0.3, -0.25) is 14.2 Å². The molecule has 1 aliphatic rings. The predicted octanol–water partition coefficient (Wildman–Crippen LogP) is 2.06. The van der Waals surface area contributed by atoms with Crippen molar-refractivity contribution >= 4 is 28.6 Å². The van der Waals surface area contributed by atoms with Gasteiger partial charge in [-0.15, -0.1) is 5.10 Å². The SMILES string of the molecule is NC(=O)CCCCCn1c(SCc2nnnn2C2CC2)nc2ccccc2c1=O. The number of benzene rings is 1. The molecule has 0 spiro atoms. The molecule has 2 heterocycles. The normalized spacial score (nSPS) is 13.8. The minimum atomic E-state index is -0.292. The van der Waals surface area contributed by atoms with Gasteiger partial charge in [0.25, 0.3) is 5.56 Å². The lowest BCUT2D eigenvalue weighted by Gasteiger charge is -2.13. The summed E-state index contributed by atoms with van der Waals surface area (Å²) in [6.45, 7) is 0.547. The number of primary amides is 1. The summed E-state index contributed by atoms with van der Waals surface area (Å²) in [7, 11) is 0. The second-order valence-electron chi connectivity index (χ2n) is 7.20. The van der Waals surface area contributed by atoms with Gasteiger partial charge >= 0.3 is 0 Å². The fraction of sp³-hybridized carbons (Fsp3) is 0.474. The predicted molar refractivity (Wildman–Crippen MR) is 109 cm³/mol. The first-order chi connectivity index (χ1) is 14.1. The van der Waals surface area contributed by atoms with Gasteiger partial charge in [0.15, 0.2) is 11.0 Å². The number of rotatable bonds is 10. The highest BCUT2D eigenvalue weighted by atomic mass is 32.2. The fourth-order valence-electron chi connectivity index (χ4n) is 3.24. The maximum Gasteiger partial charge on any atom is 0.262 e. The first-order valence-corrected chi connectivity index (χ1v) is 10.8. The highest BCUT2D eigenvalue weighted by Crippen LogP contribution is 2.35. The number of carbonyl (C=O) groups is 1. The number of hydrogen-bond donors (Lipinski definition) is 1. The Kier molecular flexibility index (Phi) is 5.89. The molecule has 152 valence electrons. The van der Waals surface area contributed by atoms with Crippen molar-refractivity contribution in [1.29, 1.82) is 0 Å². The van der Waals surface area contributed by atoms with Crippen LogP contribution < -0.4 is 11.3 Å². The number of amides is 1. The summed E-state index contributed by atoms with van der Waals surface area (Å²) in [5.74, 6) is 1.06. The van der Waals surface area contributed by atoms with E-state index >= 15 is 0 Å². The van der Waals surface area contributed by atoms with E-state index < -0.39 is 0 Å². The van der Waals surface area contributed by atoms with Crippen molar-refractivity contribution in [1.82, 2.24) is 29.8 Å². The summed E-state index contributed by atoms with van der Waals surface area (Å²) in [6, 6.07) is 7.78. The lowest BCUT2D eigenvalue weighted by molar-refractivity contribution is -0.118. The maximum atomic E-state index is 13.1. The Bertz CT molecular complexity index is 1070. The third-order valence-electron chi connectivity index (χ3n) is 4.92. The van der Waals surface area contributed by atoms with Crippen LogP contribution in [0.3, 0.4) is 0 Å². The van der Waals surface area contributed by atoms with E-state index in [1.165, 1.54) is 11.8 Å². The Hall–Kier alpha value is -2.75.